The topological polar surface area (TPSA) is 57.6 Å². The maximum atomic E-state index is 11.8. The monoisotopic (exact) mass is 275 g/mol. The van der Waals surface area contributed by atoms with E-state index >= 15 is 0 Å². The summed E-state index contributed by atoms with van der Waals surface area (Å²) in [5, 5.41) is 9.03. The van der Waals surface area contributed by atoms with Crippen LogP contribution in [0.3, 0.4) is 0 Å². The van der Waals surface area contributed by atoms with Gasteiger partial charge in [0.05, 0.1) is 11.5 Å². The van der Waals surface area contributed by atoms with Gasteiger partial charge in [-0.05, 0) is 24.3 Å². The summed E-state index contributed by atoms with van der Waals surface area (Å²) >= 11 is 1.51. The number of sulfonamides is 1. The van der Waals surface area contributed by atoms with Crippen molar-refractivity contribution in [2.75, 3.05) is 20.7 Å². The first-order valence-corrected chi connectivity index (χ1v) is 7.50. The molecule has 0 radical (unpaired) electrons. The van der Waals surface area contributed by atoms with Gasteiger partial charge in [0, 0.05) is 24.2 Å². The molecule has 0 aromatic heterocycles. The maximum absolute atomic E-state index is 11.8. The van der Waals surface area contributed by atoms with E-state index in [0.29, 0.717) is 0 Å². The fourth-order valence-electron chi connectivity index (χ4n) is 1.17. The van der Waals surface area contributed by atoms with Gasteiger partial charge in [0.25, 0.3) is 0 Å². The maximum Gasteiger partial charge on any atom is 0.242 e. The average Bonchev–Trinajstić information content (AvgIpc) is 2.29. The van der Waals surface area contributed by atoms with Gasteiger partial charge in [0.15, 0.2) is 0 Å². The predicted octanol–water partition coefficient (Wildman–Crippen LogP) is 1.41. The number of benzene rings is 1. The molecule has 96 valence electrons. The molecule has 0 bridgehead atoms. The van der Waals surface area contributed by atoms with E-state index in [2.05, 4.69) is 0 Å². The first kappa shape index (κ1) is 14.5. The van der Waals surface area contributed by atoms with Crippen LogP contribution in [-0.2, 0) is 10.0 Å². The second kappa shape index (κ2) is 5.86. The highest BCUT2D eigenvalue weighted by Gasteiger charge is 2.16. The average molecular weight is 275 g/mol. The summed E-state index contributed by atoms with van der Waals surface area (Å²) in [4.78, 5) is 1.23. The molecule has 1 unspecified atom stereocenters. The van der Waals surface area contributed by atoms with Crippen molar-refractivity contribution in [2.24, 2.45) is 0 Å². The van der Waals surface area contributed by atoms with Gasteiger partial charge in [0.2, 0.25) is 10.0 Å². The highest BCUT2D eigenvalue weighted by atomic mass is 32.2. The molecule has 0 saturated heterocycles. The van der Waals surface area contributed by atoms with Crippen molar-refractivity contribution in [1.82, 2.24) is 4.31 Å². The van der Waals surface area contributed by atoms with E-state index in [4.69, 9.17) is 5.11 Å². The number of hydrogen-bond acceptors (Lipinski definition) is 4. The van der Waals surface area contributed by atoms with Crippen LogP contribution in [-0.4, -0.2) is 43.8 Å². The van der Waals surface area contributed by atoms with Crippen molar-refractivity contribution >= 4 is 21.8 Å². The quantitative estimate of drug-likeness (QED) is 0.826. The highest BCUT2D eigenvalue weighted by Crippen LogP contribution is 2.24. The van der Waals surface area contributed by atoms with Crippen LogP contribution < -0.4 is 0 Å². The second-order valence-corrected chi connectivity index (χ2v) is 7.53. The molecule has 1 atom stereocenters. The summed E-state index contributed by atoms with van der Waals surface area (Å²) in [5.41, 5.74) is 0. The zero-order chi connectivity index (χ0) is 13.1. The molecule has 4 nitrogen and oxygen atoms in total. The largest absolute Gasteiger partial charge is 0.395 e. The Balaban J connectivity index is 2.89. The van der Waals surface area contributed by atoms with Crippen molar-refractivity contribution in [1.29, 1.82) is 0 Å². The van der Waals surface area contributed by atoms with E-state index in [-0.39, 0.29) is 16.8 Å². The Morgan fingerprint density at radius 2 is 1.82 bits per heavy atom. The normalized spacial score (nSPS) is 13.9. The predicted molar refractivity (Wildman–Crippen MR) is 69.7 cm³/mol. The van der Waals surface area contributed by atoms with Gasteiger partial charge in [-0.25, -0.2) is 12.7 Å². The second-order valence-electron chi connectivity index (χ2n) is 3.87. The Bertz CT molecular complexity index is 454. The third-order valence-corrected chi connectivity index (χ3v) is 5.12. The summed E-state index contributed by atoms with van der Waals surface area (Å²) in [5.74, 6) is 0. The number of aliphatic hydroxyl groups is 1. The molecule has 0 saturated carbocycles. The smallest absolute Gasteiger partial charge is 0.242 e. The van der Waals surface area contributed by atoms with Crippen LogP contribution in [0, 0.1) is 0 Å². The Labute approximate surface area is 107 Å². The van der Waals surface area contributed by atoms with Crippen molar-refractivity contribution in [3.63, 3.8) is 0 Å². The number of hydrogen-bond donors (Lipinski definition) is 1. The van der Waals surface area contributed by atoms with Crippen molar-refractivity contribution in [3.05, 3.63) is 24.3 Å². The first-order chi connectivity index (χ1) is 7.87. The van der Waals surface area contributed by atoms with Crippen LogP contribution in [0.25, 0.3) is 0 Å². The molecule has 6 heteroatoms. The van der Waals surface area contributed by atoms with E-state index in [0.717, 1.165) is 4.90 Å². The van der Waals surface area contributed by atoms with Crippen LogP contribution in [0.2, 0.25) is 0 Å². The third kappa shape index (κ3) is 3.70. The van der Waals surface area contributed by atoms with E-state index in [1.54, 1.807) is 24.3 Å². The van der Waals surface area contributed by atoms with Gasteiger partial charge in [-0.1, -0.05) is 6.92 Å². The van der Waals surface area contributed by atoms with Gasteiger partial charge in [0.1, 0.15) is 0 Å². The summed E-state index contributed by atoms with van der Waals surface area (Å²) in [6.45, 7) is 2.01. The minimum Gasteiger partial charge on any atom is -0.395 e. The van der Waals surface area contributed by atoms with Gasteiger partial charge in [-0.3, -0.25) is 0 Å². The lowest BCUT2D eigenvalue weighted by Gasteiger charge is -2.12. The first-order valence-electron chi connectivity index (χ1n) is 5.18. The van der Waals surface area contributed by atoms with Crippen molar-refractivity contribution < 1.29 is 13.5 Å². The SMILES string of the molecule is CC(CO)Sc1ccc(S(=O)(=O)N(C)C)cc1. The molecule has 1 rings (SSSR count). The fraction of sp³-hybridized carbons (Fsp3) is 0.455. The third-order valence-electron chi connectivity index (χ3n) is 2.20. The Morgan fingerprint density at radius 1 is 1.29 bits per heavy atom. The van der Waals surface area contributed by atoms with Crippen LogP contribution in [0.5, 0.6) is 0 Å². The highest BCUT2D eigenvalue weighted by molar-refractivity contribution is 8.00. The molecule has 0 aliphatic rings. The van der Waals surface area contributed by atoms with Crippen LogP contribution in [0.4, 0.5) is 0 Å². The minimum absolute atomic E-state index is 0.0996. The summed E-state index contributed by atoms with van der Waals surface area (Å²) < 4.78 is 24.8. The molecular formula is C11H17NO3S2. The molecule has 0 amide bonds. The molecule has 17 heavy (non-hydrogen) atoms. The molecule has 0 aliphatic heterocycles. The van der Waals surface area contributed by atoms with E-state index in [1.807, 2.05) is 6.92 Å². The molecule has 1 N–H and O–H groups in total. The number of aliphatic hydroxyl groups excluding tert-OH is 1. The zero-order valence-corrected chi connectivity index (χ0v) is 11.8. The van der Waals surface area contributed by atoms with Gasteiger partial charge in [-0.15, -0.1) is 11.8 Å². The molecule has 0 aliphatic carbocycles. The Morgan fingerprint density at radius 3 is 2.24 bits per heavy atom. The van der Waals surface area contributed by atoms with E-state index in [1.165, 1.54) is 30.2 Å². The van der Waals surface area contributed by atoms with Crippen LogP contribution >= 0.6 is 11.8 Å². The van der Waals surface area contributed by atoms with Gasteiger partial charge in [-0.2, -0.15) is 0 Å². The molecule has 1 aromatic rings. The summed E-state index contributed by atoms with van der Waals surface area (Å²) in [6, 6.07) is 6.68. The number of thioether (sulfide) groups is 1. The minimum atomic E-state index is -3.35. The lowest BCUT2D eigenvalue weighted by molar-refractivity contribution is 0.300. The van der Waals surface area contributed by atoms with Crippen molar-refractivity contribution in [2.45, 2.75) is 22.0 Å². The van der Waals surface area contributed by atoms with E-state index < -0.39 is 10.0 Å². The summed E-state index contributed by atoms with van der Waals surface area (Å²) in [7, 11) is -0.341. The summed E-state index contributed by atoms with van der Waals surface area (Å²) in [6.07, 6.45) is 0. The van der Waals surface area contributed by atoms with E-state index in [9.17, 15) is 8.42 Å². The Hall–Kier alpha value is -0.560. The van der Waals surface area contributed by atoms with Crippen LogP contribution in [0.15, 0.2) is 34.1 Å². The number of rotatable bonds is 5. The Kier molecular flexibility index (Phi) is 5.00. The zero-order valence-electron chi connectivity index (χ0n) is 10.1. The molecule has 0 heterocycles. The van der Waals surface area contributed by atoms with Gasteiger partial charge < -0.3 is 5.11 Å². The van der Waals surface area contributed by atoms with Crippen LogP contribution in [0.1, 0.15) is 6.92 Å². The fourth-order valence-corrected chi connectivity index (χ4v) is 2.90. The molecular weight excluding hydrogens is 258 g/mol. The molecule has 0 spiro atoms. The van der Waals surface area contributed by atoms with Gasteiger partial charge >= 0.3 is 0 Å². The number of nitrogens with zero attached hydrogens (tertiary/aromatic N) is 1. The van der Waals surface area contributed by atoms with Crippen molar-refractivity contribution in [3.8, 4) is 0 Å². The molecule has 1 aromatic carbocycles. The lowest BCUT2D eigenvalue weighted by Crippen LogP contribution is -2.22. The standard InChI is InChI=1S/C11H17NO3S2/c1-9(8-13)16-10-4-6-11(7-5-10)17(14,15)12(2)3/h4-7,9,13H,8H2,1-3H3. The lowest BCUT2D eigenvalue weighted by atomic mass is 10.4. The molecule has 0 fully saturated rings.